The Hall–Kier alpha value is -1.49. The number of carbonyl (C=O) groups excluding carboxylic acids is 1. The molecule has 5 heteroatoms. The van der Waals surface area contributed by atoms with Crippen molar-refractivity contribution in [2.75, 3.05) is 7.11 Å². The summed E-state index contributed by atoms with van der Waals surface area (Å²) in [6, 6.07) is -0.370. The van der Waals surface area contributed by atoms with Gasteiger partial charge in [0.05, 0.1) is 18.5 Å². The second kappa shape index (κ2) is 5.91. The van der Waals surface area contributed by atoms with E-state index in [0.29, 0.717) is 6.54 Å². The molecule has 0 saturated heterocycles. The van der Waals surface area contributed by atoms with Crippen molar-refractivity contribution in [3.8, 4) is 0 Å². The van der Waals surface area contributed by atoms with Gasteiger partial charge in [0, 0.05) is 18.9 Å². The summed E-state index contributed by atoms with van der Waals surface area (Å²) in [5.74, 6) is -0.262. The number of methoxy groups -OCH3 is 1. The van der Waals surface area contributed by atoms with Gasteiger partial charge in [-0.2, -0.15) is 0 Å². The highest BCUT2D eigenvalue weighted by atomic mass is 16.5. The molecule has 0 radical (unpaired) electrons. The summed E-state index contributed by atoms with van der Waals surface area (Å²) in [7, 11) is 1.40. The zero-order valence-corrected chi connectivity index (χ0v) is 11.7. The quantitative estimate of drug-likeness (QED) is 0.821. The van der Waals surface area contributed by atoms with Gasteiger partial charge in [-0.1, -0.05) is 20.8 Å². The molecule has 18 heavy (non-hydrogen) atoms. The Morgan fingerprint density at radius 2 is 2.06 bits per heavy atom. The largest absolute Gasteiger partial charge is 0.468 e. The van der Waals surface area contributed by atoms with Crippen LogP contribution in [0.25, 0.3) is 0 Å². The molecule has 100 valence electrons. The lowest BCUT2D eigenvalue weighted by Crippen LogP contribution is -2.46. The molecule has 0 saturated carbocycles. The Labute approximate surface area is 108 Å². The third-order valence-electron chi connectivity index (χ3n) is 2.62. The van der Waals surface area contributed by atoms with Gasteiger partial charge in [-0.3, -0.25) is 20.1 Å². The summed E-state index contributed by atoms with van der Waals surface area (Å²) >= 11 is 0. The maximum absolute atomic E-state index is 11.7. The van der Waals surface area contributed by atoms with Gasteiger partial charge in [0.25, 0.3) is 0 Å². The van der Waals surface area contributed by atoms with Gasteiger partial charge < -0.3 is 4.74 Å². The molecule has 0 bridgehead atoms. The van der Waals surface area contributed by atoms with E-state index in [9.17, 15) is 4.79 Å². The van der Waals surface area contributed by atoms with Gasteiger partial charge in [-0.15, -0.1) is 0 Å². The molecule has 0 aliphatic rings. The summed E-state index contributed by atoms with van der Waals surface area (Å²) < 4.78 is 4.81. The summed E-state index contributed by atoms with van der Waals surface area (Å²) in [6.45, 7) is 8.34. The molecule has 0 aliphatic heterocycles. The minimum atomic E-state index is -0.370. The van der Waals surface area contributed by atoms with E-state index in [4.69, 9.17) is 4.74 Å². The van der Waals surface area contributed by atoms with Crippen molar-refractivity contribution in [3.63, 3.8) is 0 Å². The number of carbonyl (C=O) groups is 1. The van der Waals surface area contributed by atoms with Gasteiger partial charge in [0.1, 0.15) is 6.04 Å². The smallest absolute Gasteiger partial charge is 0.323 e. The average Bonchev–Trinajstić information content (AvgIpc) is 2.29. The highest BCUT2D eigenvalue weighted by Gasteiger charge is 2.31. The van der Waals surface area contributed by atoms with Crippen molar-refractivity contribution in [3.05, 3.63) is 23.8 Å². The molecule has 1 aromatic heterocycles. The molecule has 1 unspecified atom stereocenters. The number of aromatic nitrogens is 2. The van der Waals surface area contributed by atoms with E-state index in [2.05, 4.69) is 15.3 Å². The Morgan fingerprint density at radius 3 is 2.50 bits per heavy atom. The van der Waals surface area contributed by atoms with Crippen molar-refractivity contribution in [2.45, 2.75) is 40.3 Å². The van der Waals surface area contributed by atoms with E-state index in [1.54, 1.807) is 12.4 Å². The van der Waals surface area contributed by atoms with Crippen LogP contribution in [0.4, 0.5) is 0 Å². The van der Waals surface area contributed by atoms with Crippen LogP contribution in [0.15, 0.2) is 12.4 Å². The van der Waals surface area contributed by atoms with Crippen molar-refractivity contribution >= 4 is 5.97 Å². The zero-order chi connectivity index (χ0) is 13.8. The van der Waals surface area contributed by atoms with Crippen molar-refractivity contribution in [1.29, 1.82) is 0 Å². The standard InChI is InChI=1S/C13H21N3O2/c1-9-6-15-10(7-14-9)8-16-11(12(17)18-5)13(2,3)4/h6-7,11,16H,8H2,1-5H3. The monoisotopic (exact) mass is 251 g/mol. The second-order valence-corrected chi connectivity index (χ2v) is 5.35. The third-order valence-corrected chi connectivity index (χ3v) is 2.62. The normalized spacial score (nSPS) is 13.2. The molecule has 0 spiro atoms. The highest BCUT2D eigenvalue weighted by molar-refractivity contribution is 5.76. The Balaban J connectivity index is 2.68. The lowest BCUT2D eigenvalue weighted by Gasteiger charge is -2.29. The third kappa shape index (κ3) is 4.07. The maximum atomic E-state index is 11.7. The van der Waals surface area contributed by atoms with Gasteiger partial charge in [0.2, 0.25) is 0 Å². The van der Waals surface area contributed by atoms with E-state index in [0.717, 1.165) is 11.4 Å². The summed E-state index contributed by atoms with van der Waals surface area (Å²) in [5.41, 5.74) is 1.46. The minimum absolute atomic E-state index is 0.217. The molecule has 1 rings (SSSR count). The lowest BCUT2D eigenvalue weighted by atomic mass is 9.86. The Morgan fingerprint density at radius 1 is 1.39 bits per heavy atom. The van der Waals surface area contributed by atoms with Crippen LogP contribution in [0.1, 0.15) is 32.2 Å². The Bertz CT molecular complexity index is 396. The minimum Gasteiger partial charge on any atom is -0.468 e. The molecule has 1 aromatic rings. The molecular weight excluding hydrogens is 230 g/mol. The van der Waals surface area contributed by atoms with Crippen LogP contribution in [-0.2, 0) is 16.1 Å². The van der Waals surface area contributed by atoms with Crippen LogP contribution in [0.5, 0.6) is 0 Å². The number of nitrogens with zero attached hydrogens (tertiary/aromatic N) is 2. The molecule has 0 aliphatic carbocycles. The molecule has 0 aromatic carbocycles. The van der Waals surface area contributed by atoms with Gasteiger partial charge in [-0.25, -0.2) is 0 Å². The maximum Gasteiger partial charge on any atom is 0.323 e. The van der Waals surface area contributed by atoms with E-state index < -0.39 is 0 Å². The lowest BCUT2D eigenvalue weighted by molar-refractivity contribution is -0.146. The van der Waals surface area contributed by atoms with Crippen molar-refractivity contribution < 1.29 is 9.53 Å². The van der Waals surface area contributed by atoms with Gasteiger partial charge in [-0.05, 0) is 12.3 Å². The number of aryl methyl sites for hydroxylation is 1. The van der Waals surface area contributed by atoms with Crippen LogP contribution in [-0.4, -0.2) is 29.1 Å². The van der Waals surface area contributed by atoms with Crippen LogP contribution >= 0.6 is 0 Å². The number of rotatable bonds is 4. The number of hydrogen-bond acceptors (Lipinski definition) is 5. The first kappa shape index (κ1) is 14.6. The SMILES string of the molecule is COC(=O)C(NCc1cnc(C)cn1)C(C)(C)C. The summed E-state index contributed by atoms with van der Waals surface area (Å²) in [4.78, 5) is 20.1. The van der Waals surface area contributed by atoms with Crippen LogP contribution in [0.2, 0.25) is 0 Å². The number of ether oxygens (including phenoxy) is 1. The number of hydrogen-bond donors (Lipinski definition) is 1. The van der Waals surface area contributed by atoms with E-state index in [-0.39, 0.29) is 17.4 Å². The predicted octanol–water partition coefficient (Wildman–Crippen LogP) is 1.46. The average molecular weight is 251 g/mol. The van der Waals surface area contributed by atoms with Gasteiger partial charge >= 0.3 is 5.97 Å². The predicted molar refractivity (Wildman–Crippen MR) is 68.9 cm³/mol. The number of nitrogens with one attached hydrogen (secondary N) is 1. The number of esters is 1. The molecule has 5 nitrogen and oxygen atoms in total. The molecule has 1 N–H and O–H groups in total. The topological polar surface area (TPSA) is 64.1 Å². The highest BCUT2D eigenvalue weighted by Crippen LogP contribution is 2.20. The summed E-state index contributed by atoms with van der Waals surface area (Å²) in [6.07, 6.45) is 3.42. The Kier molecular flexibility index (Phi) is 4.78. The molecule has 0 amide bonds. The second-order valence-electron chi connectivity index (χ2n) is 5.35. The van der Waals surface area contributed by atoms with Gasteiger partial charge in [0.15, 0.2) is 0 Å². The summed E-state index contributed by atoms with van der Waals surface area (Å²) in [5, 5.41) is 3.17. The van der Waals surface area contributed by atoms with Crippen LogP contribution in [0.3, 0.4) is 0 Å². The first-order chi connectivity index (χ1) is 8.34. The fourth-order valence-corrected chi connectivity index (χ4v) is 1.58. The van der Waals surface area contributed by atoms with E-state index in [1.165, 1.54) is 7.11 Å². The molecule has 0 fully saturated rings. The van der Waals surface area contributed by atoms with Crippen LogP contribution in [0, 0.1) is 12.3 Å². The van der Waals surface area contributed by atoms with E-state index in [1.807, 2.05) is 27.7 Å². The first-order valence-electron chi connectivity index (χ1n) is 5.93. The molecule has 1 atom stereocenters. The fraction of sp³-hybridized carbons (Fsp3) is 0.615. The van der Waals surface area contributed by atoms with Crippen molar-refractivity contribution in [2.24, 2.45) is 5.41 Å². The van der Waals surface area contributed by atoms with E-state index >= 15 is 0 Å². The zero-order valence-electron chi connectivity index (χ0n) is 11.7. The molecular formula is C13H21N3O2. The van der Waals surface area contributed by atoms with Crippen molar-refractivity contribution in [1.82, 2.24) is 15.3 Å². The first-order valence-corrected chi connectivity index (χ1v) is 5.93. The molecule has 1 heterocycles. The fourth-order valence-electron chi connectivity index (χ4n) is 1.58. The van der Waals surface area contributed by atoms with Crippen LogP contribution < -0.4 is 5.32 Å².